The number of carbonyl (C=O) groups is 1. The Morgan fingerprint density at radius 1 is 1.16 bits per heavy atom. The predicted octanol–water partition coefficient (Wildman–Crippen LogP) is 4.73. The molecule has 1 aromatic heterocycles. The van der Waals surface area contributed by atoms with Crippen molar-refractivity contribution in [2.75, 3.05) is 5.32 Å². The second-order valence-corrected chi connectivity index (χ2v) is 7.88. The van der Waals surface area contributed by atoms with Crippen molar-refractivity contribution in [1.29, 1.82) is 0 Å². The number of amides is 2. The van der Waals surface area contributed by atoms with Gasteiger partial charge in [0.2, 0.25) is 0 Å². The predicted molar refractivity (Wildman–Crippen MR) is 98.9 cm³/mol. The SMILES string of the molecule is CC(NC(=O)Nc1cc(C(C)(C)C)on1)c1ccc2c(c1)CCCC2. The van der Waals surface area contributed by atoms with Crippen LogP contribution in [0.3, 0.4) is 0 Å². The third-order valence-electron chi connectivity index (χ3n) is 4.71. The van der Waals surface area contributed by atoms with E-state index in [2.05, 4.69) is 34.0 Å². The Morgan fingerprint density at radius 3 is 2.56 bits per heavy atom. The van der Waals surface area contributed by atoms with Gasteiger partial charge in [-0.15, -0.1) is 0 Å². The molecule has 1 unspecified atom stereocenters. The first-order valence-corrected chi connectivity index (χ1v) is 8.99. The van der Waals surface area contributed by atoms with Crippen LogP contribution in [0.15, 0.2) is 28.8 Å². The zero-order valence-corrected chi connectivity index (χ0v) is 15.5. The van der Waals surface area contributed by atoms with Gasteiger partial charge in [0.25, 0.3) is 0 Å². The minimum Gasteiger partial charge on any atom is -0.359 e. The maximum Gasteiger partial charge on any atom is 0.320 e. The molecule has 0 aliphatic heterocycles. The smallest absolute Gasteiger partial charge is 0.320 e. The molecular formula is C20H27N3O2. The van der Waals surface area contributed by atoms with E-state index in [-0.39, 0.29) is 17.5 Å². The number of aromatic nitrogens is 1. The van der Waals surface area contributed by atoms with Gasteiger partial charge in [0, 0.05) is 11.5 Å². The molecule has 25 heavy (non-hydrogen) atoms. The van der Waals surface area contributed by atoms with Crippen molar-refractivity contribution in [2.24, 2.45) is 0 Å². The van der Waals surface area contributed by atoms with Crippen molar-refractivity contribution in [1.82, 2.24) is 10.5 Å². The van der Waals surface area contributed by atoms with Gasteiger partial charge in [-0.3, -0.25) is 5.32 Å². The normalized spacial score (nSPS) is 15.4. The summed E-state index contributed by atoms with van der Waals surface area (Å²) in [5, 5.41) is 9.62. The van der Waals surface area contributed by atoms with E-state index in [9.17, 15) is 4.79 Å². The number of nitrogens with zero attached hydrogens (tertiary/aromatic N) is 1. The number of benzene rings is 1. The van der Waals surface area contributed by atoms with Crippen LogP contribution in [0, 0.1) is 0 Å². The lowest BCUT2D eigenvalue weighted by Gasteiger charge is -2.20. The summed E-state index contributed by atoms with van der Waals surface area (Å²) >= 11 is 0. The third-order valence-corrected chi connectivity index (χ3v) is 4.71. The minimum absolute atomic E-state index is 0.0683. The minimum atomic E-state index is -0.279. The van der Waals surface area contributed by atoms with Crippen LogP contribution < -0.4 is 10.6 Å². The highest BCUT2D eigenvalue weighted by Gasteiger charge is 2.21. The Morgan fingerprint density at radius 2 is 1.88 bits per heavy atom. The molecule has 2 amide bonds. The van der Waals surface area contributed by atoms with E-state index in [0.717, 1.165) is 17.7 Å². The second-order valence-electron chi connectivity index (χ2n) is 7.88. The summed E-state index contributed by atoms with van der Waals surface area (Å²) in [7, 11) is 0. The standard InChI is InChI=1S/C20H27N3O2/c1-13(15-10-9-14-7-5-6-8-16(14)11-15)21-19(24)22-18-12-17(25-23-18)20(2,3)4/h9-13H,5-8H2,1-4H3,(H2,21,22,23,24). The van der Waals surface area contributed by atoms with Crippen LogP contribution in [0.5, 0.6) is 0 Å². The summed E-state index contributed by atoms with van der Waals surface area (Å²) in [4.78, 5) is 12.2. The zero-order valence-electron chi connectivity index (χ0n) is 15.5. The van der Waals surface area contributed by atoms with Gasteiger partial charge in [0.05, 0.1) is 6.04 Å². The van der Waals surface area contributed by atoms with E-state index in [0.29, 0.717) is 5.82 Å². The first-order chi connectivity index (χ1) is 11.8. The monoisotopic (exact) mass is 341 g/mol. The van der Waals surface area contributed by atoms with Crippen LogP contribution in [0.25, 0.3) is 0 Å². The molecule has 0 spiro atoms. The van der Waals surface area contributed by atoms with E-state index in [1.54, 1.807) is 6.07 Å². The first-order valence-electron chi connectivity index (χ1n) is 8.99. The van der Waals surface area contributed by atoms with E-state index in [4.69, 9.17) is 4.52 Å². The average molecular weight is 341 g/mol. The fourth-order valence-corrected chi connectivity index (χ4v) is 3.14. The van der Waals surface area contributed by atoms with Crippen molar-refractivity contribution >= 4 is 11.8 Å². The lowest BCUT2D eigenvalue weighted by atomic mass is 9.89. The Hall–Kier alpha value is -2.30. The summed E-state index contributed by atoms with van der Waals surface area (Å²) in [5.41, 5.74) is 3.86. The first kappa shape index (κ1) is 17.5. The second kappa shape index (κ2) is 6.90. The van der Waals surface area contributed by atoms with E-state index >= 15 is 0 Å². The molecule has 1 aromatic carbocycles. The largest absolute Gasteiger partial charge is 0.359 e. The van der Waals surface area contributed by atoms with Crippen molar-refractivity contribution in [3.63, 3.8) is 0 Å². The molecule has 0 saturated carbocycles. The average Bonchev–Trinajstić information content (AvgIpc) is 3.03. The van der Waals surface area contributed by atoms with Gasteiger partial charge >= 0.3 is 6.03 Å². The molecule has 0 radical (unpaired) electrons. The molecule has 0 fully saturated rings. The van der Waals surface area contributed by atoms with Crippen molar-refractivity contribution in [3.05, 3.63) is 46.7 Å². The Kier molecular flexibility index (Phi) is 4.84. The van der Waals surface area contributed by atoms with Gasteiger partial charge in [-0.1, -0.05) is 44.1 Å². The van der Waals surface area contributed by atoms with Crippen molar-refractivity contribution in [2.45, 2.75) is 64.8 Å². The van der Waals surface area contributed by atoms with Gasteiger partial charge in [-0.2, -0.15) is 0 Å². The van der Waals surface area contributed by atoms with Gasteiger partial charge < -0.3 is 9.84 Å². The molecule has 1 aliphatic rings. The fourth-order valence-electron chi connectivity index (χ4n) is 3.14. The zero-order chi connectivity index (χ0) is 18.0. The van der Waals surface area contributed by atoms with Crippen LogP contribution in [0.1, 0.15) is 69.0 Å². The quantitative estimate of drug-likeness (QED) is 0.848. The molecule has 5 heteroatoms. The molecule has 5 nitrogen and oxygen atoms in total. The van der Waals surface area contributed by atoms with Crippen LogP contribution in [0.2, 0.25) is 0 Å². The number of hydrogen-bond donors (Lipinski definition) is 2. The number of urea groups is 1. The maximum atomic E-state index is 12.2. The number of rotatable bonds is 3. The molecule has 3 rings (SSSR count). The Bertz CT molecular complexity index is 759. The molecule has 0 bridgehead atoms. The summed E-state index contributed by atoms with van der Waals surface area (Å²) in [6, 6.07) is 7.96. The summed E-state index contributed by atoms with van der Waals surface area (Å²) in [5.74, 6) is 1.17. The van der Waals surface area contributed by atoms with Crippen LogP contribution in [0.4, 0.5) is 10.6 Å². The summed E-state index contributed by atoms with van der Waals surface area (Å²) < 4.78 is 5.29. The summed E-state index contributed by atoms with van der Waals surface area (Å²) in [6.45, 7) is 8.11. The highest BCUT2D eigenvalue weighted by Crippen LogP contribution is 2.26. The van der Waals surface area contributed by atoms with E-state index in [1.165, 1.54) is 30.4 Å². The fraction of sp³-hybridized carbons (Fsp3) is 0.500. The number of hydrogen-bond acceptors (Lipinski definition) is 3. The van der Waals surface area contributed by atoms with Crippen LogP contribution >= 0.6 is 0 Å². The van der Waals surface area contributed by atoms with Gasteiger partial charge in [0.15, 0.2) is 5.82 Å². The Balaban J connectivity index is 1.61. The van der Waals surface area contributed by atoms with Crippen LogP contribution in [-0.2, 0) is 18.3 Å². The molecular weight excluding hydrogens is 314 g/mol. The highest BCUT2D eigenvalue weighted by atomic mass is 16.5. The highest BCUT2D eigenvalue weighted by molar-refractivity contribution is 5.88. The molecule has 134 valence electrons. The van der Waals surface area contributed by atoms with Crippen molar-refractivity contribution < 1.29 is 9.32 Å². The van der Waals surface area contributed by atoms with E-state index in [1.807, 2.05) is 27.7 Å². The topological polar surface area (TPSA) is 67.2 Å². The lowest BCUT2D eigenvalue weighted by Crippen LogP contribution is -2.31. The maximum absolute atomic E-state index is 12.2. The number of aryl methyl sites for hydroxylation is 2. The Labute approximate surface area is 149 Å². The number of anilines is 1. The number of nitrogens with one attached hydrogen (secondary N) is 2. The van der Waals surface area contributed by atoms with Gasteiger partial charge in [-0.05, 0) is 49.3 Å². The number of fused-ring (bicyclic) bond motifs is 1. The molecule has 2 aromatic rings. The van der Waals surface area contributed by atoms with Crippen molar-refractivity contribution in [3.8, 4) is 0 Å². The third kappa shape index (κ3) is 4.21. The molecule has 1 aliphatic carbocycles. The van der Waals surface area contributed by atoms with Gasteiger partial charge in [-0.25, -0.2) is 4.79 Å². The molecule has 0 saturated heterocycles. The van der Waals surface area contributed by atoms with Crippen LogP contribution in [-0.4, -0.2) is 11.2 Å². The number of carbonyl (C=O) groups excluding carboxylic acids is 1. The van der Waals surface area contributed by atoms with E-state index < -0.39 is 0 Å². The molecule has 1 atom stereocenters. The van der Waals surface area contributed by atoms with Gasteiger partial charge in [0.1, 0.15) is 5.76 Å². The summed E-state index contributed by atoms with van der Waals surface area (Å²) in [6.07, 6.45) is 4.83. The molecule has 1 heterocycles. The molecule has 2 N–H and O–H groups in total. The lowest BCUT2D eigenvalue weighted by molar-refractivity contribution is 0.249.